The third-order valence-corrected chi connectivity index (χ3v) is 3.99. The molecule has 7 heteroatoms. The third-order valence-electron chi connectivity index (χ3n) is 3.99. The van der Waals surface area contributed by atoms with Crippen molar-refractivity contribution >= 4 is 17.0 Å². The van der Waals surface area contributed by atoms with E-state index in [2.05, 4.69) is 10.1 Å². The maximum Gasteiger partial charge on any atom is 0.329 e. The van der Waals surface area contributed by atoms with Gasteiger partial charge in [0.05, 0.1) is 19.0 Å². The Labute approximate surface area is 138 Å². The van der Waals surface area contributed by atoms with Gasteiger partial charge in [-0.15, -0.1) is 0 Å². The lowest BCUT2D eigenvalue weighted by Crippen LogP contribution is -2.30. The molecule has 2 aromatic heterocycles. The number of carbonyl (C=O) groups is 1. The van der Waals surface area contributed by atoms with Crippen molar-refractivity contribution in [3.05, 3.63) is 52.7 Å². The highest BCUT2D eigenvalue weighted by Gasteiger charge is 2.22. The predicted octanol–water partition coefficient (Wildman–Crippen LogP) is 2.01. The Morgan fingerprint density at radius 3 is 2.62 bits per heavy atom. The molecule has 2 heterocycles. The normalized spacial score (nSPS) is 12.3. The van der Waals surface area contributed by atoms with Crippen molar-refractivity contribution in [2.45, 2.75) is 26.3 Å². The average molecular weight is 326 g/mol. The zero-order valence-electron chi connectivity index (χ0n) is 13.8. The number of ether oxygens (including phenoxy) is 1. The van der Waals surface area contributed by atoms with Crippen LogP contribution in [0.15, 0.2) is 41.6 Å². The highest BCUT2D eigenvalue weighted by molar-refractivity contribution is 5.77. The van der Waals surface area contributed by atoms with E-state index in [4.69, 9.17) is 4.74 Å². The van der Waals surface area contributed by atoms with Gasteiger partial charge in [-0.05, 0) is 25.5 Å². The first-order valence-corrected chi connectivity index (χ1v) is 7.66. The van der Waals surface area contributed by atoms with Crippen LogP contribution in [0.4, 0.5) is 0 Å². The maximum atomic E-state index is 12.7. The second-order valence-corrected chi connectivity index (χ2v) is 5.53. The minimum Gasteiger partial charge on any atom is -0.467 e. The topological polar surface area (TPSA) is 79.0 Å². The van der Waals surface area contributed by atoms with Gasteiger partial charge in [-0.3, -0.25) is 9.36 Å². The van der Waals surface area contributed by atoms with Crippen LogP contribution in [-0.4, -0.2) is 32.4 Å². The van der Waals surface area contributed by atoms with Gasteiger partial charge in [0.15, 0.2) is 5.65 Å². The molecular formula is C17H18N4O3. The number of rotatable bonds is 4. The summed E-state index contributed by atoms with van der Waals surface area (Å²) in [6.07, 6.45) is 3.29. The number of methoxy groups -OCH3 is 1. The Kier molecular flexibility index (Phi) is 4.16. The second kappa shape index (κ2) is 6.27. The van der Waals surface area contributed by atoms with Gasteiger partial charge in [0.25, 0.3) is 5.56 Å². The molecule has 124 valence electrons. The van der Waals surface area contributed by atoms with E-state index < -0.39 is 12.0 Å². The number of hydrogen-bond acceptors (Lipinski definition) is 5. The lowest BCUT2D eigenvalue weighted by Gasteiger charge is -2.15. The molecule has 0 N–H and O–H groups in total. The van der Waals surface area contributed by atoms with Crippen molar-refractivity contribution in [2.24, 2.45) is 0 Å². The number of aromatic nitrogens is 4. The number of nitrogens with zero attached hydrogens (tertiary/aromatic N) is 4. The van der Waals surface area contributed by atoms with Crippen molar-refractivity contribution in [1.82, 2.24) is 19.3 Å². The molecule has 7 nitrogen and oxygen atoms in total. The molecule has 0 saturated carbocycles. The van der Waals surface area contributed by atoms with E-state index in [1.54, 1.807) is 4.68 Å². The first-order chi connectivity index (χ1) is 11.6. The molecule has 0 radical (unpaired) electrons. The van der Waals surface area contributed by atoms with Gasteiger partial charge in [0.2, 0.25) is 0 Å². The van der Waals surface area contributed by atoms with Gasteiger partial charge in [0, 0.05) is 0 Å². The number of hydrogen-bond donors (Lipinski definition) is 0. The Hall–Kier alpha value is -2.96. The third kappa shape index (κ3) is 2.58. The lowest BCUT2D eigenvalue weighted by atomic mass is 10.2. The molecule has 1 atom stereocenters. The summed E-state index contributed by atoms with van der Waals surface area (Å²) >= 11 is 0. The zero-order valence-corrected chi connectivity index (χ0v) is 13.8. The van der Waals surface area contributed by atoms with Crippen LogP contribution in [0.2, 0.25) is 0 Å². The first kappa shape index (κ1) is 15.9. The predicted molar refractivity (Wildman–Crippen MR) is 89.2 cm³/mol. The van der Waals surface area contributed by atoms with Crippen molar-refractivity contribution in [3.8, 4) is 5.69 Å². The quantitative estimate of drug-likeness (QED) is 0.685. The van der Waals surface area contributed by atoms with Crippen molar-refractivity contribution in [3.63, 3.8) is 0 Å². The van der Waals surface area contributed by atoms with Crippen LogP contribution in [0, 0.1) is 6.92 Å². The molecule has 1 aromatic carbocycles. The highest BCUT2D eigenvalue weighted by atomic mass is 16.5. The molecule has 24 heavy (non-hydrogen) atoms. The molecule has 3 rings (SSSR count). The van der Waals surface area contributed by atoms with Crippen molar-refractivity contribution in [1.29, 1.82) is 0 Å². The van der Waals surface area contributed by atoms with Crippen LogP contribution >= 0.6 is 0 Å². The van der Waals surface area contributed by atoms with E-state index in [0.29, 0.717) is 17.5 Å². The van der Waals surface area contributed by atoms with Gasteiger partial charge < -0.3 is 4.74 Å². The molecule has 0 fully saturated rings. The van der Waals surface area contributed by atoms with E-state index in [9.17, 15) is 9.59 Å². The van der Waals surface area contributed by atoms with Gasteiger partial charge in [-0.2, -0.15) is 5.10 Å². The number of aryl methyl sites for hydroxylation is 1. The largest absolute Gasteiger partial charge is 0.467 e. The molecule has 3 aromatic rings. The van der Waals surface area contributed by atoms with Crippen LogP contribution in [0.25, 0.3) is 16.7 Å². The monoisotopic (exact) mass is 326 g/mol. The lowest BCUT2D eigenvalue weighted by molar-refractivity contribution is -0.144. The molecule has 0 unspecified atom stereocenters. The fraction of sp³-hybridized carbons (Fsp3) is 0.294. The number of carbonyl (C=O) groups excluding carboxylic acids is 1. The van der Waals surface area contributed by atoms with Crippen LogP contribution in [-0.2, 0) is 9.53 Å². The zero-order chi connectivity index (χ0) is 17.3. The summed E-state index contributed by atoms with van der Waals surface area (Å²) in [6, 6.07) is 7.07. The van der Waals surface area contributed by atoms with Gasteiger partial charge in [0.1, 0.15) is 17.8 Å². The fourth-order valence-corrected chi connectivity index (χ4v) is 2.64. The van der Waals surface area contributed by atoms with Crippen LogP contribution in [0.3, 0.4) is 0 Å². The van der Waals surface area contributed by atoms with Crippen LogP contribution in [0.1, 0.15) is 24.9 Å². The molecule has 0 spiro atoms. The number of fused-ring (bicyclic) bond motifs is 1. The fourth-order valence-electron chi connectivity index (χ4n) is 2.64. The van der Waals surface area contributed by atoms with Gasteiger partial charge in [-0.25, -0.2) is 14.5 Å². The van der Waals surface area contributed by atoms with E-state index in [1.807, 2.05) is 38.1 Å². The molecule has 0 aliphatic carbocycles. The van der Waals surface area contributed by atoms with Crippen LogP contribution < -0.4 is 5.56 Å². The summed E-state index contributed by atoms with van der Waals surface area (Å²) in [6.45, 7) is 3.81. The van der Waals surface area contributed by atoms with Gasteiger partial charge in [-0.1, -0.05) is 24.6 Å². The minimum absolute atomic E-state index is 0.310. The standard InChI is InChI=1S/C17H18N4O3/c1-4-14(17(23)24-3)20-10-18-15-13(16(20)22)9-19-21(15)12-7-5-11(2)6-8-12/h5-10,14H,4H2,1-3H3/t14-/m1/s1. The smallest absolute Gasteiger partial charge is 0.329 e. The van der Waals surface area contributed by atoms with Crippen molar-refractivity contribution in [2.75, 3.05) is 7.11 Å². The first-order valence-electron chi connectivity index (χ1n) is 7.66. The molecule has 0 amide bonds. The molecule has 0 bridgehead atoms. The summed E-state index contributed by atoms with van der Waals surface area (Å²) in [4.78, 5) is 28.9. The molecular weight excluding hydrogens is 308 g/mol. The average Bonchev–Trinajstić information content (AvgIpc) is 3.02. The second-order valence-electron chi connectivity index (χ2n) is 5.53. The number of esters is 1. The molecule has 0 saturated heterocycles. The maximum absolute atomic E-state index is 12.7. The number of benzene rings is 1. The van der Waals surface area contributed by atoms with Gasteiger partial charge >= 0.3 is 5.97 Å². The summed E-state index contributed by atoms with van der Waals surface area (Å²) in [7, 11) is 1.30. The Morgan fingerprint density at radius 1 is 1.29 bits per heavy atom. The summed E-state index contributed by atoms with van der Waals surface area (Å²) in [5.41, 5.74) is 2.10. The van der Waals surface area contributed by atoms with E-state index >= 15 is 0 Å². The Bertz CT molecular complexity index is 941. The van der Waals surface area contributed by atoms with Crippen molar-refractivity contribution < 1.29 is 9.53 Å². The summed E-state index contributed by atoms with van der Waals surface area (Å²) < 4.78 is 7.67. The Balaban J connectivity index is 2.13. The molecule has 0 aliphatic rings. The molecule has 0 aliphatic heterocycles. The SMILES string of the molecule is CC[C@H](C(=O)OC)n1cnc2c(cnn2-c2ccc(C)cc2)c1=O. The van der Waals surface area contributed by atoms with Crippen LogP contribution in [0.5, 0.6) is 0 Å². The highest BCUT2D eigenvalue weighted by Crippen LogP contribution is 2.16. The minimum atomic E-state index is -0.692. The summed E-state index contributed by atoms with van der Waals surface area (Å²) in [5, 5.41) is 4.63. The summed E-state index contributed by atoms with van der Waals surface area (Å²) in [5.74, 6) is -0.466. The van der Waals surface area contributed by atoms with E-state index in [0.717, 1.165) is 11.3 Å². The Morgan fingerprint density at radius 2 is 2.00 bits per heavy atom. The van der Waals surface area contributed by atoms with E-state index in [1.165, 1.54) is 24.2 Å². The van der Waals surface area contributed by atoms with E-state index in [-0.39, 0.29) is 5.56 Å².